The largest absolute Gasteiger partial charge is 0.370 e. The molecule has 1 aliphatic heterocycles. The zero-order chi connectivity index (χ0) is 15.7. The van der Waals surface area contributed by atoms with Crippen LogP contribution < -0.4 is 5.32 Å². The molecule has 1 saturated heterocycles. The van der Waals surface area contributed by atoms with Crippen LogP contribution in [0.1, 0.15) is 13.3 Å². The molecule has 1 aliphatic rings. The Morgan fingerprint density at radius 3 is 2.76 bits per heavy atom. The molecule has 0 radical (unpaired) electrons. The van der Waals surface area contributed by atoms with E-state index in [2.05, 4.69) is 10.3 Å². The van der Waals surface area contributed by atoms with Crippen molar-refractivity contribution in [1.29, 1.82) is 0 Å². The Kier molecular flexibility index (Phi) is 4.54. The molecule has 21 heavy (non-hydrogen) atoms. The minimum Gasteiger partial charge on any atom is -0.370 e. The summed E-state index contributed by atoms with van der Waals surface area (Å²) in [5, 5.41) is 2.95. The molecule has 1 fully saturated rings. The second-order valence-electron chi connectivity index (χ2n) is 4.99. The van der Waals surface area contributed by atoms with Gasteiger partial charge in [-0.15, -0.1) is 0 Å². The van der Waals surface area contributed by atoms with Crippen molar-refractivity contribution in [2.24, 2.45) is 0 Å². The molecule has 0 amide bonds. The smallest absolute Gasteiger partial charge is 0.243 e. The molecule has 1 aromatic heterocycles. The second-order valence-corrected chi connectivity index (χ2v) is 9.21. The monoisotopic (exact) mass is 333 g/mol. The molecule has 0 saturated carbocycles. The van der Waals surface area contributed by atoms with E-state index in [4.69, 9.17) is 0 Å². The molecular weight excluding hydrogens is 314 g/mol. The van der Waals surface area contributed by atoms with Gasteiger partial charge in [-0.25, -0.2) is 21.8 Å². The first-order chi connectivity index (χ1) is 9.76. The summed E-state index contributed by atoms with van der Waals surface area (Å²) in [5.41, 5.74) is 0. The van der Waals surface area contributed by atoms with Crippen LogP contribution in [0.25, 0.3) is 0 Å². The molecule has 118 valence electrons. The Morgan fingerprint density at radius 2 is 2.19 bits per heavy atom. The quantitative estimate of drug-likeness (QED) is 0.834. The normalized spacial score (nSPS) is 21.6. The van der Waals surface area contributed by atoms with Gasteiger partial charge in [-0.1, -0.05) is 0 Å². The number of hydrogen-bond acceptors (Lipinski definition) is 6. The summed E-state index contributed by atoms with van der Waals surface area (Å²) in [4.78, 5) is 4.14. The summed E-state index contributed by atoms with van der Waals surface area (Å²) in [7, 11) is -5.43. The van der Waals surface area contributed by atoms with Crippen LogP contribution in [0.4, 0.5) is 5.82 Å². The highest BCUT2D eigenvalue weighted by molar-refractivity contribution is 7.92. The molecular formula is C12H19N3O4S2. The maximum Gasteiger partial charge on any atom is 0.243 e. The predicted molar refractivity (Wildman–Crippen MR) is 80.4 cm³/mol. The minimum absolute atomic E-state index is 0.0382. The molecule has 0 spiro atoms. The number of anilines is 1. The van der Waals surface area contributed by atoms with Crippen LogP contribution in [-0.4, -0.2) is 57.3 Å². The lowest BCUT2D eigenvalue weighted by molar-refractivity contribution is 0.394. The number of nitrogens with zero attached hydrogens (tertiary/aromatic N) is 2. The Morgan fingerprint density at radius 1 is 1.48 bits per heavy atom. The lowest BCUT2D eigenvalue weighted by Gasteiger charge is -2.22. The van der Waals surface area contributed by atoms with Gasteiger partial charge in [0.2, 0.25) is 10.0 Å². The van der Waals surface area contributed by atoms with Crippen molar-refractivity contribution in [2.45, 2.75) is 24.3 Å². The van der Waals surface area contributed by atoms with Gasteiger partial charge < -0.3 is 5.32 Å². The van der Waals surface area contributed by atoms with Crippen molar-refractivity contribution < 1.29 is 16.8 Å². The van der Waals surface area contributed by atoms with Crippen molar-refractivity contribution in [3.63, 3.8) is 0 Å². The van der Waals surface area contributed by atoms with E-state index in [1.54, 1.807) is 0 Å². The average Bonchev–Trinajstić information content (AvgIpc) is 2.79. The van der Waals surface area contributed by atoms with Gasteiger partial charge in [0.05, 0.1) is 16.4 Å². The lowest BCUT2D eigenvalue weighted by atomic mass is 10.3. The van der Waals surface area contributed by atoms with Gasteiger partial charge in [0.15, 0.2) is 9.84 Å². The lowest BCUT2D eigenvalue weighted by Crippen LogP contribution is -2.37. The Labute approximate surface area is 125 Å². The summed E-state index contributed by atoms with van der Waals surface area (Å²) in [6.07, 6.45) is 1.76. The summed E-state index contributed by atoms with van der Waals surface area (Å²) in [6, 6.07) is 2.37. The van der Waals surface area contributed by atoms with Gasteiger partial charge in [0.1, 0.15) is 5.82 Å². The molecule has 1 aromatic rings. The highest BCUT2D eigenvalue weighted by atomic mass is 32.2. The molecule has 2 heterocycles. The second kappa shape index (κ2) is 5.90. The fourth-order valence-electron chi connectivity index (χ4n) is 2.27. The molecule has 1 N–H and O–H groups in total. The average molecular weight is 333 g/mol. The van der Waals surface area contributed by atoms with Crippen molar-refractivity contribution in [1.82, 2.24) is 9.29 Å². The molecule has 0 aliphatic carbocycles. The zero-order valence-electron chi connectivity index (χ0n) is 12.0. The number of sulfone groups is 1. The molecule has 9 heteroatoms. The van der Waals surface area contributed by atoms with E-state index in [1.807, 2.05) is 6.92 Å². The van der Waals surface area contributed by atoms with Gasteiger partial charge in [-0.2, -0.15) is 4.31 Å². The van der Waals surface area contributed by atoms with Crippen LogP contribution in [0.2, 0.25) is 0 Å². The number of sulfonamides is 1. The highest BCUT2D eigenvalue weighted by Crippen LogP contribution is 2.24. The van der Waals surface area contributed by atoms with Gasteiger partial charge in [0.25, 0.3) is 0 Å². The maximum atomic E-state index is 12.6. The number of pyridine rings is 1. The van der Waals surface area contributed by atoms with Crippen LogP contribution in [0.3, 0.4) is 0 Å². The van der Waals surface area contributed by atoms with Crippen molar-refractivity contribution >= 4 is 25.7 Å². The maximum absolute atomic E-state index is 12.6. The first kappa shape index (κ1) is 16.2. The van der Waals surface area contributed by atoms with Crippen LogP contribution in [0.5, 0.6) is 0 Å². The van der Waals surface area contributed by atoms with E-state index in [0.29, 0.717) is 18.8 Å². The molecule has 7 nitrogen and oxygen atoms in total. The van der Waals surface area contributed by atoms with E-state index < -0.39 is 25.9 Å². The molecule has 0 aromatic carbocycles. The topological polar surface area (TPSA) is 96.4 Å². The van der Waals surface area contributed by atoms with E-state index in [-0.39, 0.29) is 16.4 Å². The molecule has 0 bridgehead atoms. The van der Waals surface area contributed by atoms with Crippen LogP contribution in [0.15, 0.2) is 23.2 Å². The first-order valence-corrected chi connectivity index (χ1v) is 9.91. The Balaban J connectivity index is 2.27. The van der Waals surface area contributed by atoms with E-state index in [0.717, 1.165) is 4.31 Å². The third kappa shape index (κ3) is 3.53. The van der Waals surface area contributed by atoms with Gasteiger partial charge in [-0.05, 0) is 19.4 Å². The Bertz CT molecular complexity index is 716. The van der Waals surface area contributed by atoms with Gasteiger partial charge in [-0.3, -0.25) is 0 Å². The predicted octanol–water partition coefficient (Wildman–Crippen LogP) is 0.321. The molecule has 1 unspecified atom stereocenters. The molecule has 2 rings (SSSR count). The fourth-order valence-corrected chi connectivity index (χ4v) is 5.54. The standard InChI is InChI=1S/C12H19N3O4S2/c1-3-13-12-8-11(4-6-14-12)21(18,19)15(2)10-5-7-20(16,17)9-10/h4,6,8,10H,3,5,7,9H2,1-2H3,(H,13,14). The number of rotatable bonds is 5. The third-order valence-electron chi connectivity index (χ3n) is 3.49. The van der Waals surface area contributed by atoms with Crippen LogP contribution in [-0.2, 0) is 19.9 Å². The van der Waals surface area contributed by atoms with Gasteiger partial charge >= 0.3 is 0 Å². The Hall–Kier alpha value is -1.19. The van der Waals surface area contributed by atoms with Gasteiger partial charge in [0, 0.05) is 31.9 Å². The van der Waals surface area contributed by atoms with Crippen LogP contribution >= 0.6 is 0 Å². The van der Waals surface area contributed by atoms with E-state index >= 15 is 0 Å². The first-order valence-electron chi connectivity index (χ1n) is 6.64. The number of aromatic nitrogens is 1. The fraction of sp³-hybridized carbons (Fsp3) is 0.583. The van der Waals surface area contributed by atoms with E-state index in [9.17, 15) is 16.8 Å². The van der Waals surface area contributed by atoms with Crippen LogP contribution in [0, 0.1) is 0 Å². The molecule has 1 atom stereocenters. The van der Waals surface area contributed by atoms with Crippen molar-refractivity contribution in [3.8, 4) is 0 Å². The summed E-state index contributed by atoms with van der Waals surface area (Å²) in [5.74, 6) is 0.399. The van der Waals surface area contributed by atoms with Crippen molar-refractivity contribution in [3.05, 3.63) is 18.3 Å². The third-order valence-corrected chi connectivity index (χ3v) is 7.15. The minimum atomic E-state index is -3.72. The SMILES string of the molecule is CCNc1cc(S(=O)(=O)N(C)C2CCS(=O)(=O)C2)ccn1. The van der Waals surface area contributed by atoms with Crippen molar-refractivity contribution in [2.75, 3.05) is 30.4 Å². The van der Waals surface area contributed by atoms with E-state index in [1.165, 1.54) is 25.4 Å². The zero-order valence-corrected chi connectivity index (χ0v) is 13.6. The summed E-state index contributed by atoms with van der Waals surface area (Å²) >= 11 is 0. The number of hydrogen-bond donors (Lipinski definition) is 1. The summed E-state index contributed by atoms with van der Waals surface area (Å²) in [6.45, 7) is 2.52. The summed E-state index contributed by atoms with van der Waals surface area (Å²) < 4.78 is 49.3. The number of nitrogens with one attached hydrogen (secondary N) is 1. The highest BCUT2D eigenvalue weighted by Gasteiger charge is 2.36.